The van der Waals surface area contributed by atoms with Gasteiger partial charge in [0.1, 0.15) is 6.07 Å². The summed E-state index contributed by atoms with van der Waals surface area (Å²) in [6.07, 6.45) is 4.53. The molecule has 0 spiro atoms. The Morgan fingerprint density at radius 3 is 2.78 bits per heavy atom. The summed E-state index contributed by atoms with van der Waals surface area (Å²) in [7, 11) is 0. The number of hydrogen-bond donors (Lipinski definition) is 0. The van der Waals surface area contributed by atoms with Crippen molar-refractivity contribution < 1.29 is 9.53 Å². The molecule has 0 saturated heterocycles. The van der Waals surface area contributed by atoms with E-state index in [9.17, 15) is 4.79 Å². The van der Waals surface area contributed by atoms with Crippen LogP contribution in [0.15, 0.2) is 42.0 Å². The van der Waals surface area contributed by atoms with Gasteiger partial charge in [-0.15, -0.1) is 0 Å². The fraction of sp³-hybridized carbons (Fsp3) is 0.500. The van der Waals surface area contributed by atoms with Crippen LogP contribution in [-0.2, 0) is 16.1 Å². The summed E-state index contributed by atoms with van der Waals surface area (Å²) in [6.45, 7) is 4.99. The highest BCUT2D eigenvalue weighted by atomic mass is 16.5. The summed E-state index contributed by atoms with van der Waals surface area (Å²) in [4.78, 5) is 12.1. The van der Waals surface area contributed by atoms with E-state index in [0.29, 0.717) is 24.5 Å². The second-order valence-electron chi connectivity index (χ2n) is 7.14. The third kappa shape index (κ3) is 3.09. The third-order valence-electron chi connectivity index (χ3n) is 5.64. The number of benzene rings is 1. The third-order valence-corrected chi connectivity index (χ3v) is 5.64. The molecule has 0 aliphatic heterocycles. The number of rotatable bonds is 3. The smallest absolute Gasteiger partial charge is 0.173 e. The molecule has 1 saturated carbocycles. The largest absolute Gasteiger partial charge is 0.373 e. The van der Waals surface area contributed by atoms with Crippen LogP contribution in [0.2, 0.25) is 0 Å². The Morgan fingerprint density at radius 1 is 1.35 bits per heavy atom. The lowest BCUT2D eigenvalue weighted by Gasteiger charge is -2.48. The Kier molecular flexibility index (Phi) is 4.37. The standard InChI is InChI=1S/C20H23NO2/c1-14-17-10-18(22)16(12-21)11-20(17,2)9-8-19(14)23-13-15-6-4-3-5-7-15/h3-7,11,14,17,19H,8-10,13H2,1-2H3/t14-,17?,19-,20+/m0/s1. The summed E-state index contributed by atoms with van der Waals surface area (Å²) in [5.74, 6) is 0.574. The van der Waals surface area contributed by atoms with Crippen LogP contribution in [0.4, 0.5) is 0 Å². The van der Waals surface area contributed by atoms with E-state index in [0.717, 1.165) is 12.8 Å². The Hall–Kier alpha value is -1.92. The normalized spacial score (nSPS) is 33.5. The molecule has 0 heterocycles. The van der Waals surface area contributed by atoms with E-state index in [1.54, 1.807) is 0 Å². The van der Waals surface area contributed by atoms with E-state index in [-0.39, 0.29) is 23.2 Å². The second kappa shape index (κ2) is 6.29. The summed E-state index contributed by atoms with van der Waals surface area (Å²) in [5.41, 5.74) is 1.48. The number of nitriles is 1. The van der Waals surface area contributed by atoms with Gasteiger partial charge in [-0.25, -0.2) is 0 Å². The van der Waals surface area contributed by atoms with Gasteiger partial charge in [0.05, 0.1) is 18.3 Å². The molecule has 4 atom stereocenters. The molecule has 2 aliphatic rings. The number of nitrogens with zero attached hydrogens (tertiary/aromatic N) is 1. The van der Waals surface area contributed by atoms with Crippen LogP contribution >= 0.6 is 0 Å². The van der Waals surface area contributed by atoms with E-state index in [1.165, 1.54) is 5.56 Å². The lowest BCUT2D eigenvalue weighted by Crippen LogP contribution is -2.46. The van der Waals surface area contributed by atoms with E-state index >= 15 is 0 Å². The van der Waals surface area contributed by atoms with Crippen LogP contribution in [0, 0.1) is 28.6 Å². The molecule has 120 valence electrons. The first-order chi connectivity index (χ1) is 11.0. The van der Waals surface area contributed by atoms with Crippen LogP contribution in [0.1, 0.15) is 38.7 Å². The van der Waals surface area contributed by atoms with Crippen LogP contribution in [0.3, 0.4) is 0 Å². The Labute approximate surface area is 138 Å². The van der Waals surface area contributed by atoms with Gasteiger partial charge in [-0.3, -0.25) is 4.79 Å². The minimum absolute atomic E-state index is 0.00876. The number of hydrogen-bond acceptors (Lipinski definition) is 3. The SMILES string of the molecule is C[C@H]1C2CC(=O)C(C#N)=C[C@@]2(C)CC[C@@H]1OCc1ccccc1. The van der Waals surface area contributed by atoms with Crippen molar-refractivity contribution in [1.82, 2.24) is 0 Å². The van der Waals surface area contributed by atoms with Gasteiger partial charge >= 0.3 is 0 Å². The zero-order valence-corrected chi connectivity index (χ0v) is 13.8. The maximum atomic E-state index is 12.1. The molecule has 1 fully saturated rings. The molecule has 3 nitrogen and oxygen atoms in total. The van der Waals surface area contributed by atoms with Crippen molar-refractivity contribution in [2.45, 2.75) is 45.8 Å². The lowest BCUT2D eigenvalue weighted by atomic mass is 9.57. The Bertz CT molecular complexity index is 658. The first-order valence-corrected chi connectivity index (χ1v) is 8.35. The fourth-order valence-corrected chi connectivity index (χ4v) is 4.19. The van der Waals surface area contributed by atoms with Gasteiger partial charge in [-0.05, 0) is 35.7 Å². The highest BCUT2D eigenvalue weighted by Gasteiger charge is 2.47. The summed E-state index contributed by atoms with van der Waals surface area (Å²) >= 11 is 0. The molecule has 0 bridgehead atoms. The number of carbonyl (C=O) groups is 1. The molecule has 1 aromatic carbocycles. The summed E-state index contributed by atoms with van der Waals surface area (Å²) in [5, 5.41) is 9.13. The topological polar surface area (TPSA) is 50.1 Å². The molecule has 23 heavy (non-hydrogen) atoms. The highest BCUT2D eigenvalue weighted by molar-refractivity contribution is 6.00. The van der Waals surface area contributed by atoms with Crippen molar-refractivity contribution in [3.05, 3.63) is 47.5 Å². The molecule has 1 aromatic rings. The molecular weight excluding hydrogens is 286 g/mol. The van der Waals surface area contributed by atoms with Crippen molar-refractivity contribution in [1.29, 1.82) is 5.26 Å². The first kappa shape index (κ1) is 16.0. The molecular formula is C20H23NO2. The van der Waals surface area contributed by atoms with Gasteiger partial charge in [0, 0.05) is 6.42 Å². The first-order valence-electron chi connectivity index (χ1n) is 8.35. The molecule has 0 aromatic heterocycles. The number of ketones is 1. The van der Waals surface area contributed by atoms with Gasteiger partial charge in [0.15, 0.2) is 5.78 Å². The van der Waals surface area contributed by atoms with Crippen LogP contribution in [0.5, 0.6) is 0 Å². The van der Waals surface area contributed by atoms with E-state index in [4.69, 9.17) is 10.00 Å². The molecule has 2 aliphatic carbocycles. The summed E-state index contributed by atoms with van der Waals surface area (Å²) in [6, 6.07) is 12.3. The van der Waals surface area contributed by atoms with Gasteiger partial charge in [-0.1, -0.05) is 50.3 Å². The molecule has 0 radical (unpaired) electrons. The van der Waals surface area contributed by atoms with Crippen molar-refractivity contribution in [3.8, 4) is 6.07 Å². The Balaban J connectivity index is 1.71. The number of allylic oxidation sites excluding steroid dienone is 2. The minimum Gasteiger partial charge on any atom is -0.373 e. The van der Waals surface area contributed by atoms with E-state index in [1.807, 2.05) is 24.3 Å². The lowest BCUT2D eigenvalue weighted by molar-refractivity contribution is -0.123. The van der Waals surface area contributed by atoms with Gasteiger partial charge in [0.2, 0.25) is 0 Å². The monoisotopic (exact) mass is 309 g/mol. The maximum absolute atomic E-state index is 12.1. The van der Waals surface area contributed by atoms with Crippen molar-refractivity contribution >= 4 is 5.78 Å². The van der Waals surface area contributed by atoms with E-state index in [2.05, 4.69) is 32.0 Å². The number of fused-ring (bicyclic) bond motifs is 1. The quantitative estimate of drug-likeness (QED) is 0.846. The van der Waals surface area contributed by atoms with Gasteiger partial charge in [-0.2, -0.15) is 5.26 Å². The van der Waals surface area contributed by atoms with Crippen molar-refractivity contribution in [3.63, 3.8) is 0 Å². The van der Waals surface area contributed by atoms with Crippen molar-refractivity contribution in [2.24, 2.45) is 17.3 Å². The molecule has 3 rings (SSSR count). The predicted molar refractivity (Wildman–Crippen MR) is 88.3 cm³/mol. The number of ether oxygens (including phenoxy) is 1. The predicted octanol–water partition coefficient (Wildman–Crippen LogP) is 4.05. The van der Waals surface area contributed by atoms with E-state index < -0.39 is 0 Å². The average Bonchev–Trinajstić information content (AvgIpc) is 2.56. The van der Waals surface area contributed by atoms with Crippen LogP contribution in [-0.4, -0.2) is 11.9 Å². The highest BCUT2D eigenvalue weighted by Crippen LogP contribution is 2.51. The molecule has 0 amide bonds. The zero-order chi connectivity index (χ0) is 16.4. The number of Topliss-reactive ketones (excluding diaryl/α,β-unsaturated/α-hetero) is 1. The fourth-order valence-electron chi connectivity index (χ4n) is 4.19. The molecule has 3 heteroatoms. The second-order valence-corrected chi connectivity index (χ2v) is 7.14. The van der Waals surface area contributed by atoms with Crippen LogP contribution in [0.25, 0.3) is 0 Å². The van der Waals surface area contributed by atoms with Gasteiger partial charge in [0.25, 0.3) is 0 Å². The van der Waals surface area contributed by atoms with Crippen LogP contribution < -0.4 is 0 Å². The Morgan fingerprint density at radius 2 is 2.09 bits per heavy atom. The zero-order valence-electron chi connectivity index (χ0n) is 13.8. The minimum atomic E-state index is -0.0506. The molecule has 1 unspecified atom stereocenters. The molecule has 0 N–H and O–H groups in total. The summed E-state index contributed by atoms with van der Waals surface area (Å²) < 4.78 is 6.17. The van der Waals surface area contributed by atoms with Gasteiger partial charge < -0.3 is 4.74 Å². The number of carbonyl (C=O) groups excluding carboxylic acids is 1. The van der Waals surface area contributed by atoms with Crippen molar-refractivity contribution in [2.75, 3.05) is 0 Å². The average molecular weight is 309 g/mol. The maximum Gasteiger partial charge on any atom is 0.173 e.